The van der Waals surface area contributed by atoms with Crippen LogP contribution >= 0.6 is 11.8 Å². The Morgan fingerprint density at radius 2 is 2.26 bits per heavy atom. The summed E-state index contributed by atoms with van der Waals surface area (Å²) in [6, 6.07) is 1.53. The van der Waals surface area contributed by atoms with E-state index in [0.717, 1.165) is 19.3 Å². The molecule has 19 heavy (non-hydrogen) atoms. The third-order valence-electron chi connectivity index (χ3n) is 3.51. The van der Waals surface area contributed by atoms with Gasteiger partial charge in [-0.15, -0.1) is 0 Å². The van der Waals surface area contributed by atoms with Crippen molar-refractivity contribution < 1.29 is 8.42 Å². The zero-order valence-corrected chi connectivity index (χ0v) is 12.4. The molecule has 6 nitrogen and oxygen atoms in total. The molecule has 2 rings (SSSR count). The van der Waals surface area contributed by atoms with Gasteiger partial charge in [-0.05, 0) is 25.2 Å². The van der Waals surface area contributed by atoms with E-state index in [1.165, 1.54) is 18.5 Å². The van der Waals surface area contributed by atoms with Crippen LogP contribution in [0, 0.1) is 0 Å². The van der Waals surface area contributed by atoms with Crippen molar-refractivity contribution in [3.05, 3.63) is 18.5 Å². The fourth-order valence-electron chi connectivity index (χ4n) is 2.04. The topological polar surface area (TPSA) is 97.1 Å². The number of nitrogens with one attached hydrogen (secondary N) is 2. The molecule has 1 fully saturated rings. The molecule has 1 aliphatic carbocycles. The monoisotopic (exact) mass is 302 g/mol. The minimum atomic E-state index is -3.59. The van der Waals surface area contributed by atoms with E-state index in [0.29, 0.717) is 12.2 Å². The number of nitrogen functional groups attached to an aromatic ring is 1. The molecular formula is C11H18N4O2S2. The second-order valence-corrected chi connectivity index (χ2v) is 7.59. The van der Waals surface area contributed by atoms with Gasteiger partial charge in [0.2, 0.25) is 10.0 Å². The lowest BCUT2D eigenvalue weighted by Crippen LogP contribution is -2.45. The molecular weight excluding hydrogens is 284 g/mol. The molecule has 1 heterocycles. The van der Waals surface area contributed by atoms with Crippen molar-refractivity contribution in [3.63, 3.8) is 0 Å². The summed E-state index contributed by atoms with van der Waals surface area (Å²) in [4.78, 5) is 3.92. The van der Waals surface area contributed by atoms with Gasteiger partial charge in [0, 0.05) is 23.7 Å². The molecule has 0 radical (unpaired) electrons. The van der Waals surface area contributed by atoms with Crippen LogP contribution in [0.3, 0.4) is 0 Å². The van der Waals surface area contributed by atoms with Crippen LogP contribution < -0.4 is 16.0 Å². The van der Waals surface area contributed by atoms with Crippen LogP contribution in [0.4, 0.5) is 5.69 Å². The number of hydrazine groups is 1. The zero-order valence-electron chi connectivity index (χ0n) is 10.7. The molecule has 4 N–H and O–H groups in total. The third-order valence-corrected chi connectivity index (χ3v) is 6.36. The summed E-state index contributed by atoms with van der Waals surface area (Å²) in [6.07, 6.45) is 8.06. The number of thioether (sulfide) groups is 1. The number of nitrogens with two attached hydrogens (primary N) is 1. The van der Waals surface area contributed by atoms with Crippen molar-refractivity contribution in [3.8, 4) is 0 Å². The highest BCUT2D eigenvalue weighted by atomic mass is 32.2. The number of hydrogen-bond donors (Lipinski definition) is 3. The molecule has 0 unspecified atom stereocenters. The van der Waals surface area contributed by atoms with Crippen molar-refractivity contribution in [2.24, 2.45) is 5.84 Å². The van der Waals surface area contributed by atoms with E-state index < -0.39 is 10.0 Å². The van der Waals surface area contributed by atoms with Gasteiger partial charge >= 0.3 is 0 Å². The summed E-state index contributed by atoms with van der Waals surface area (Å²) >= 11 is 1.72. The van der Waals surface area contributed by atoms with Gasteiger partial charge in [-0.2, -0.15) is 11.8 Å². The first-order valence-electron chi connectivity index (χ1n) is 5.98. The summed E-state index contributed by atoms with van der Waals surface area (Å²) < 4.78 is 27.2. The summed E-state index contributed by atoms with van der Waals surface area (Å²) in [5.74, 6) is 5.32. The SMILES string of the molecule is CSC1(CNS(=O)(=O)c2cnccc2NN)CCC1. The van der Waals surface area contributed by atoms with Gasteiger partial charge in [-0.1, -0.05) is 6.42 Å². The average Bonchev–Trinajstić information content (AvgIpc) is 2.38. The van der Waals surface area contributed by atoms with Crippen molar-refractivity contribution in [2.45, 2.75) is 28.9 Å². The number of sulfonamides is 1. The van der Waals surface area contributed by atoms with Gasteiger partial charge in [0.15, 0.2) is 0 Å². The van der Waals surface area contributed by atoms with Crippen LogP contribution in [0.1, 0.15) is 19.3 Å². The van der Waals surface area contributed by atoms with Gasteiger partial charge in [-0.25, -0.2) is 13.1 Å². The quantitative estimate of drug-likeness (QED) is 0.534. The van der Waals surface area contributed by atoms with E-state index in [1.807, 2.05) is 6.26 Å². The molecule has 0 aromatic carbocycles. The maximum atomic E-state index is 12.3. The Balaban J connectivity index is 2.14. The van der Waals surface area contributed by atoms with Crippen LogP contribution in [0.2, 0.25) is 0 Å². The number of anilines is 1. The standard InChI is InChI=1S/C11H18N4O2S2/c1-18-11(4-2-5-11)8-14-19(16,17)10-7-13-6-3-9(10)15-12/h3,6-7,14H,2,4-5,8,12H2,1H3,(H,13,15). The normalized spacial score (nSPS) is 17.8. The second kappa shape index (κ2) is 5.66. The van der Waals surface area contributed by atoms with Crippen LogP contribution in [0.15, 0.2) is 23.4 Å². The minimum Gasteiger partial charge on any atom is -0.323 e. The molecule has 1 aliphatic rings. The maximum Gasteiger partial charge on any atom is 0.244 e. The minimum absolute atomic E-state index is 0.0472. The Hall–Kier alpha value is -0.830. The molecule has 1 aromatic heterocycles. The number of rotatable bonds is 6. The second-order valence-electron chi connectivity index (χ2n) is 4.58. The number of hydrogen-bond acceptors (Lipinski definition) is 6. The lowest BCUT2D eigenvalue weighted by atomic mass is 9.84. The first-order chi connectivity index (χ1) is 9.03. The average molecular weight is 302 g/mol. The van der Waals surface area contributed by atoms with Crippen molar-refractivity contribution in [1.82, 2.24) is 9.71 Å². The molecule has 0 amide bonds. The Morgan fingerprint density at radius 1 is 1.53 bits per heavy atom. The highest BCUT2D eigenvalue weighted by Gasteiger charge is 2.37. The smallest absolute Gasteiger partial charge is 0.244 e. The van der Waals surface area contributed by atoms with Crippen LogP contribution in [0.5, 0.6) is 0 Å². The number of nitrogens with zero attached hydrogens (tertiary/aromatic N) is 1. The number of aromatic nitrogens is 1. The Kier molecular flexibility index (Phi) is 4.34. The Labute approximate surface area is 117 Å². The number of pyridine rings is 1. The molecule has 8 heteroatoms. The van der Waals surface area contributed by atoms with Crippen LogP contribution in [0.25, 0.3) is 0 Å². The zero-order chi connectivity index (χ0) is 13.9. The van der Waals surface area contributed by atoms with Crippen molar-refractivity contribution in [2.75, 3.05) is 18.2 Å². The molecule has 0 bridgehead atoms. The summed E-state index contributed by atoms with van der Waals surface area (Å²) in [7, 11) is -3.59. The molecule has 0 atom stereocenters. The van der Waals surface area contributed by atoms with E-state index >= 15 is 0 Å². The highest BCUT2D eigenvalue weighted by Crippen LogP contribution is 2.42. The lowest BCUT2D eigenvalue weighted by Gasteiger charge is -2.40. The van der Waals surface area contributed by atoms with Crippen molar-refractivity contribution >= 4 is 27.5 Å². The Bertz CT molecular complexity index is 538. The van der Waals surface area contributed by atoms with E-state index in [-0.39, 0.29) is 9.64 Å². The molecule has 106 valence electrons. The summed E-state index contributed by atoms with van der Waals surface area (Å²) in [5.41, 5.74) is 2.72. The van der Waals surface area contributed by atoms with Crippen LogP contribution in [-0.4, -0.2) is 30.9 Å². The first-order valence-corrected chi connectivity index (χ1v) is 8.69. The molecule has 0 aliphatic heterocycles. The fraction of sp³-hybridized carbons (Fsp3) is 0.545. The predicted molar refractivity (Wildman–Crippen MR) is 77.3 cm³/mol. The largest absolute Gasteiger partial charge is 0.323 e. The molecule has 0 saturated heterocycles. The van der Waals surface area contributed by atoms with Gasteiger partial charge < -0.3 is 5.43 Å². The summed E-state index contributed by atoms with van der Waals surface area (Å²) in [5, 5.41) is 0. The first kappa shape index (κ1) is 14.6. The van der Waals surface area contributed by atoms with Gasteiger partial charge in [0.1, 0.15) is 4.90 Å². The van der Waals surface area contributed by atoms with E-state index in [9.17, 15) is 8.42 Å². The summed E-state index contributed by atoms with van der Waals surface area (Å²) in [6.45, 7) is 0.440. The molecule has 1 saturated carbocycles. The van der Waals surface area contributed by atoms with Crippen LogP contribution in [-0.2, 0) is 10.0 Å². The maximum absolute atomic E-state index is 12.3. The van der Waals surface area contributed by atoms with E-state index in [4.69, 9.17) is 5.84 Å². The third kappa shape index (κ3) is 3.02. The van der Waals surface area contributed by atoms with Gasteiger partial charge in [0.05, 0.1) is 5.69 Å². The highest BCUT2D eigenvalue weighted by molar-refractivity contribution is 8.00. The lowest BCUT2D eigenvalue weighted by molar-refractivity contribution is 0.362. The predicted octanol–water partition coefficient (Wildman–Crippen LogP) is 0.931. The van der Waals surface area contributed by atoms with E-state index in [1.54, 1.807) is 11.8 Å². The van der Waals surface area contributed by atoms with Gasteiger partial charge in [-0.3, -0.25) is 10.8 Å². The van der Waals surface area contributed by atoms with Gasteiger partial charge in [0.25, 0.3) is 0 Å². The van der Waals surface area contributed by atoms with E-state index in [2.05, 4.69) is 15.1 Å². The molecule has 1 aromatic rings. The Morgan fingerprint density at radius 3 is 2.79 bits per heavy atom. The van der Waals surface area contributed by atoms with Crippen molar-refractivity contribution in [1.29, 1.82) is 0 Å². The fourth-order valence-corrected chi connectivity index (χ4v) is 4.28. The molecule has 0 spiro atoms.